The molecular weight excluding hydrogens is 336 g/mol. The molecule has 0 spiro atoms. The molecule has 2 aromatic heterocycles. The lowest BCUT2D eigenvalue weighted by molar-refractivity contribution is 0.0948. The summed E-state index contributed by atoms with van der Waals surface area (Å²) in [7, 11) is 2.96. The van der Waals surface area contributed by atoms with Gasteiger partial charge in [0.1, 0.15) is 9.96 Å². The molecule has 21 heavy (non-hydrogen) atoms. The van der Waals surface area contributed by atoms with E-state index in [0.717, 1.165) is 11.3 Å². The van der Waals surface area contributed by atoms with Crippen molar-refractivity contribution in [3.63, 3.8) is 0 Å². The van der Waals surface area contributed by atoms with Crippen LogP contribution in [0.25, 0.3) is 0 Å². The molecule has 0 aliphatic rings. The summed E-state index contributed by atoms with van der Waals surface area (Å²) in [6, 6.07) is 4.54. The zero-order valence-corrected chi connectivity index (χ0v) is 13.3. The number of hydrogen-bond donors (Lipinski definition) is 1. The van der Waals surface area contributed by atoms with E-state index < -0.39 is 9.05 Å². The van der Waals surface area contributed by atoms with Gasteiger partial charge in [-0.1, -0.05) is 0 Å². The van der Waals surface area contributed by atoms with Gasteiger partial charge in [-0.15, -0.1) is 11.3 Å². The molecule has 2 heterocycles. The molecule has 2 aromatic rings. The number of carbonyl (C=O) groups is 1. The van der Waals surface area contributed by atoms with Gasteiger partial charge in [-0.3, -0.25) is 9.78 Å². The molecule has 0 atom stereocenters. The van der Waals surface area contributed by atoms with E-state index in [9.17, 15) is 13.2 Å². The van der Waals surface area contributed by atoms with Crippen LogP contribution in [0.3, 0.4) is 0 Å². The Morgan fingerprint density at radius 3 is 2.81 bits per heavy atom. The minimum atomic E-state index is -3.73. The Morgan fingerprint density at radius 2 is 2.19 bits per heavy atom. The van der Waals surface area contributed by atoms with E-state index in [2.05, 4.69) is 10.3 Å². The Kier molecular flexibility index (Phi) is 4.81. The molecule has 1 N–H and O–H groups in total. The summed E-state index contributed by atoms with van der Waals surface area (Å²) in [4.78, 5) is 16.6. The van der Waals surface area contributed by atoms with Gasteiger partial charge < -0.3 is 10.1 Å². The fourth-order valence-electron chi connectivity index (χ4n) is 1.58. The molecule has 0 bridgehead atoms. The van der Waals surface area contributed by atoms with Crippen molar-refractivity contribution < 1.29 is 17.9 Å². The average Bonchev–Trinajstić information content (AvgIpc) is 2.93. The number of hydrogen-bond acceptors (Lipinski definition) is 6. The van der Waals surface area contributed by atoms with Crippen molar-refractivity contribution in [3.8, 4) is 5.75 Å². The van der Waals surface area contributed by atoms with Gasteiger partial charge in [0.15, 0.2) is 0 Å². The topological polar surface area (TPSA) is 85.4 Å². The number of amides is 1. The third-order valence-corrected chi connectivity index (χ3v) is 5.73. The van der Waals surface area contributed by atoms with Crippen LogP contribution in [0.5, 0.6) is 5.75 Å². The van der Waals surface area contributed by atoms with Crippen molar-refractivity contribution in [1.82, 2.24) is 10.3 Å². The van der Waals surface area contributed by atoms with E-state index in [1.165, 1.54) is 31.6 Å². The molecule has 0 saturated carbocycles. The zero-order valence-electron chi connectivity index (χ0n) is 10.9. The van der Waals surface area contributed by atoms with Gasteiger partial charge in [0, 0.05) is 21.8 Å². The van der Waals surface area contributed by atoms with E-state index >= 15 is 0 Å². The Hall–Kier alpha value is -1.64. The number of nitrogens with zero attached hydrogens (tertiary/aromatic N) is 1. The number of pyridine rings is 1. The monoisotopic (exact) mass is 346 g/mol. The quantitative estimate of drug-likeness (QED) is 0.837. The molecule has 0 aromatic carbocycles. The molecule has 0 radical (unpaired) electrons. The summed E-state index contributed by atoms with van der Waals surface area (Å²) >= 11 is 1.01. The molecule has 112 valence electrons. The highest BCUT2D eigenvalue weighted by Gasteiger charge is 2.15. The maximum Gasteiger partial charge on any atom is 0.270 e. The highest BCUT2D eigenvalue weighted by Crippen LogP contribution is 2.24. The van der Waals surface area contributed by atoms with Crippen LogP contribution in [0.15, 0.2) is 34.8 Å². The van der Waals surface area contributed by atoms with Crippen LogP contribution in [0.4, 0.5) is 0 Å². The third-order valence-electron chi connectivity index (χ3n) is 2.55. The summed E-state index contributed by atoms with van der Waals surface area (Å²) in [6.45, 7) is 0.196. The number of aromatic nitrogens is 1. The molecule has 2 rings (SSSR count). The predicted octanol–water partition coefficient (Wildman–Crippen LogP) is 2.01. The van der Waals surface area contributed by atoms with Crippen LogP contribution < -0.4 is 10.1 Å². The van der Waals surface area contributed by atoms with Crippen molar-refractivity contribution in [2.75, 3.05) is 7.11 Å². The van der Waals surface area contributed by atoms with E-state index in [4.69, 9.17) is 15.4 Å². The molecule has 1 amide bonds. The Morgan fingerprint density at radius 1 is 1.43 bits per heavy atom. The van der Waals surface area contributed by atoms with Crippen molar-refractivity contribution >= 4 is 37.0 Å². The normalized spacial score (nSPS) is 11.1. The first-order valence-electron chi connectivity index (χ1n) is 5.71. The predicted molar refractivity (Wildman–Crippen MR) is 79.3 cm³/mol. The van der Waals surface area contributed by atoms with Gasteiger partial charge in [0.05, 0.1) is 25.4 Å². The van der Waals surface area contributed by atoms with Gasteiger partial charge in [-0.25, -0.2) is 8.42 Å². The summed E-state index contributed by atoms with van der Waals surface area (Å²) in [6.07, 6.45) is 2.93. The molecule has 0 saturated heterocycles. The fraction of sp³-hybridized carbons (Fsp3) is 0.167. The number of ether oxygens (including phenoxy) is 1. The molecule has 6 nitrogen and oxygen atoms in total. The maximum atomic E-state index is 12.0. The van der Waals surface area contributed by atoms with Gasteiger partial charge in [0.2, 0.25) is 0 Å². The second-order valence-electron chi connectivity index (χ2n) is 3.92. The molecule has 0 fully saturated rings. The average molecular weight is 347 g/mol. The molecule has 0 aliphatic heterocycles. The maximum absolute atomic E-state index is 12.0. The van der Waals surface area contributed by atoms with Crippen LogP contribution in [-0.4, -0.2) is 26.4 Å². The molecule has 0 aliphatic carbocycles. The summed E-state index contributed by atoms with van der Waals surface area (Å²) in [5.74, 6) is 0.0307. The van der Waals surface area contributed by atoms with Gasteiger partial charge in [0.25, 0.3) is 15.0 Å². The van der Waals surface area contributed by atoms with E-state index in [1.54, 1.807) is 6.07 Å². The number of nitrogens with one attached hydrogen (secondary N) is 1. The summed E-state index contributed by atoms with van der Waals surface area (Å²) in [5.41, 5.74) is 0.356. The minimum absolute atomic E-state index is 0.0508. The SMILES string of the molecule is COc1cnccc1C(=O)NCc1ccc(S(=O)(=O)Cl)s1. The highest BCUT2D eigenvalue weighted by molar-refractivity contribution is 8.15. The van der Waals surface area contributed by atoms with Crippen molar-refractivity contribution in [1.29, 1.82) is 0 Å². The van der Waals surface area contributed by atoms with Crippen molar-refractivity contribution in [2.24, 2.45) is 0 Å². The minimum Gasteiger partial charge on any atom is -0.494 e. The lowest BCUT2D eigenvalue weighted by Crippen LogP contribution is -2.22. The van der Waals surface area contributed by atoms with Crippen LogP contribution >= 0.6 is 22.0 Å². The second-order valence-corrected chi connectivity index (χ2v) is 7.88. The van der Waals surface area contributed by atoms with Gasteiger partial charge >= 0.3 is 0 Å². The Bertz CT molecular complexity index is 758. The first-order valence-corrected chi connectivity index (χ1v) is 8.84. The molecular formula is C12H11ClN2O4S2. The number of thiophene rings is 1. The number of carbonyl (C=O) groups excluding carboxylic acids is 1. The standard InChI is InChI=1S/C12H11ClN2O4S2/c1-19-10-7-14-5-4-9(10)12(16)15-6-8-2-3-11(20-8)21(13,17)18/h2-5,7H,6H2,1H3,(H,15,16). The van der Waals surface area contributed by atoms with Crippen molar-refractivity contribution in [2.45, 2.75) is 10.8 Å². The van der Waals surface area contributed by atoms with Crippen LogP contribution in [0.1, 0.15) is 15.2 Å². The lowest BCUT2D eigenvalue weighted by atomic mass is 10.2. The number of rotatable bonds is 5. The van der Waals surface area contributed by atoms with Crippen LogP contribution in [0.2, 0.25) is 0 Å². The first kappa shape index (κ1) is 15.7. The van der Waals surface area contributed by atoms with Crippen molar-refractivity contribution in [3.05, 3.63) is 41.0 Å². The van der Waals surface area contributed by atoms with Crippen LogP contribution in [-0.2, 0) is 15.6 Å². The first-order chi connectivity index (χ1) is 9.91. The summed E-state index contributed by atoms with van der Waals surface area (Å²) < 4.78 is 27.4. The van der Waals surface area contributed by atoms with Gasteiger partial charge in [-0.05, 0) is 18.2 Å². The zero-order chi connectivity index (χ0) is 15.5. The number of halogens is 1. The smallest absolute Gasteiger partial charge is 0.270 e. The number of methoxy groups -OCH3 is 1. The largest absolute Gasteiger partial charge is 0.494 e. The fourth-order valence-corrected chi connectivity index (χ4v) is 3.64. The third kappa shape index (κ3) is 3.93. The Balaban J connectivity index is 2.06. The van der Waals surface area contributed by atoms with E-state index in [-0.39, 0.29) is 16.7 Å². The van der Waals surface area contributed by atoms with E-state index in [1.807, 2.05) is 0 Å². The lowest BCUT2D eigenvalue weighted by Gasteiger charge is -2.07. The van der Waals surface area contributed by atoms with Crippen LogP contribution in [0, 0.1) is 0 Å². The summed E-state index contributed by atoms with van der Waals surface area (Å²) in [5, 5.41) is 2.68. The van der Waals surface area contributed by atoms with E-state index in [0.29, 0.717) is 16.2 Å². The molecule has 9 heteroatoms. The second kappa shape index (κ2) is 6.42. The molecule has 0 unspecified atom stereocenters. The Labute approximate surface area is 130 Å². The van der Waals surface area contributed by atoms with Gasteiger partial charge in [-0.2, -0.15) is 0 Å². The highest BCUT2D eigenvalue weighted by atomic mass is 35.7.